The van der Waals surface area contributed by atoms with Crippen LogP contribution in [0.3, 0.4) is 0 Å². The average Bonchev–Trinajstić information content (AvgIpc) is 3.06. The number of ether oxygens (including phenoxy) is 2. The number of hydrogen-bond donors (Lipinski definition) is 1. The summed E-state index contributed by atoms with van der Waals surface area (Å²) in [4.78, 5) is 0. The fraction of sp³-hybridized carbons (Fsp3) is 0.600. The largest absolute Gasteiger partial charge is 0.493 e. The molecule has 0 spiro atoms. The zero-order valence-electron chi connectivity index (χ0n) is 31.9. The second-order valence-electron chi connectivity index (χ2n) is 16.0. The highest BCUT2D eigenvalue weighted by Gasteiger charge is 2.39. The zero-order chi connectivity index (χ0) is 35.0. The van der Waals surface area contributed by atoms with Gasteiger partial charge in [-0.2, -0.15) is 0 Å². The molecule has 3 aromatic carbocycles. The Labute approximate surface area is 294 Å². The summed E-state index contributed by atoms with van der Waals surface area (Å²) in [6, 6.07) is 23.5. The minimum atomic E-state index is -1.33. The van der Waals surface area contributed by atoms with Gasteiger partial charge in [-0.1, -0.05) is 162 Å². The zero-order valence-corrected chi connectivity index (χ0v) is 31.9. The molecule has 0 aliphatic carbocycles. The van der Waals surface area contributed by atoms with Crippen molar-refractivity contribution in [3.8, 4) is 11.5 Å². The molecule has 0 fully saturated rings. The van der Waals surface area contributed by atoms with Gasteiger partial charge in [0.05, 0.1) is 13.2 Å². The fourth-order valence-electron chi connectivity index (χ4n) is 6.40. The van der Waals surface area contributed by atoms with Crippen molar-refractivity contribution >= 4 is 0 Å². The van der Waals surface area contributed by atoms with Crippen LogP contribution in [0.15, 0.2) is 66.7 Å². The summed E-state index contributed by atoms with van der Waals surface area (Å²) in [6.45, 7) is 19.2. The van der Waals surface area contributed by atoms with Crippen LogP contribution in [0.4, 0.5) is 0 Å². The van der Waals surface area contributed by atoms with Gasteiger partial charge in [-0.15, -0.1) is 0 Å². The molecule has 0 radical (unpaired) electrons. The van der Waals surface area contributed by atoms with Gasteiger partial charge >= 0.3 is 0 Å². The van der Waals surface area contributed by atoms with Gasteiger partial charge in [-0.05, 0) is 77.5 Å². The molecular formula is C45H68O3. The molecule has 266 valence electrons. The van der Waals surface area contributed by atoms with Crippen molar-refractivity contribution in [2.45, 2.75) is 162 Å². The van der Waals surface area contributed by atoms with E-state index in [0.29, 0.717) is 19.6 Å². The van der Waals surface area contributed by atoms with Crippen LogP contribution in [0.5, 0.6) is 11.5 Å². The maximum Gasteiger partial charge on any atom is 0.125 e. The van der Waals surface area contributed by atoms with Crippen LogP contribution >= 0.6 is 0 Å². The Balaban J connectivity index is 2.10. The Hall–Kier alpha value is -2.78. The Morgan fingerprint density at radius 2 is 0.938 bits per heavy atom. The summed E-state index contributed by atoms with van der Waals surface area (Å²) in [6.07, 6.45) is 15.7. The van der Waals surface area contributed by atoms with E-state index in [2.05, 4.69) is 122 Å². The number of aryl methyl sites for hydroxylation is 1. The molecule has 0 bridgehead atoms. The van der Waals surface area contributed by atoms with Crippen molar-refractivity contribution in [2.75, 3.05) is 13.2 Å². The minimum Gasteiger partial charge on any atom is -0.493 e. The van der Waals surface area contributed by atoms with Crippen LogP contribution in [0.2, 0.25) is 0 Å². The quantitative estimate of drug-likeness (QED) is 0.116. The second-order valence-corrected chi connectivity index (χ2v) is 16.0. The van der Waals surface area contributed by atoms with Crippen molar-refractivity contribution in [1.29, 1.82) is 0 Å². The second kappa shape index (κ2) is 19.4. The highest BCUT2D eigenvalue weighted by molar-refractivity contribution is 5.53. The van der Waals surface area contributed by atoms with Gasteiger partial charge in [-0.25, -0.2) is 0 Å². The first-order valence-electron chi connectivity index (χ1n) is 19.2. The SMILES string of the molecule is CCCCCCCCOc1ccc(C(C)(C)C)cc1C(O)(CCc1ccccc1)c1cc(C(C)(C)C)ccc1OCCCCCCCC. The summed E-state index contributed by atoms with van der Waals surface area (Å²) in [5.41, 5.74) is 3.76. The smallest absolute Gasteiger partial charge is 0.125 e. The van der Waals surface area contributed by atoms with Crippen molar-refractivity contribution in [3.63, 3.8) is 0 Å². The third kappa shape index (κ3) is 12.3. The monoisotopic (exact) mass is 657 g/mol. The van der Waals surface area contributed by atoms with Crippen molar-refractivity contribution in [1.82, 2.24) is 0 Å². The highest BCUT2D eigenvalue weighted by Crippen LogP contribution is 2.46. The number of benzene rings is 3. The lowest BCUT2D eigenvalue weighted by Crippen LogP contribution is -2.31. The van der Waals surface area contributed by atoms with E-state index in [4.69, 9.17) is 9.47 Å². The van der Waals surface area contributed by atoms with Gasteiger partial charge in [0.15, 0.2) is 0 Å². The van der Waals surface area contributed by atoms with E-state index < -0.39 is 5.60 Å². The van der Waals surface area contributed by atoms with Crippen molar-refractivity contribution in [3.05, 3.63) is 94.5 Å². The topological polar surface area (TPSA) is 38.7 Å². The third-order valence-electron chi connectivity index (χ3n) is 9.71. The number of unbranched alkanes of at least 4 members (excludes halogenated alkanes) is 10. The average molecular weight is 657 g/mol. The van der Waals surface area contributed by atoms with E-state index in [-0.39, 0.29) is 10.8 Å². The van der Waals surface area contributed by atoms with E-state index in [9.17, 15) is 5.11 Å². The number of aliphatic hydroxyl groups is 1. The van der Waals surface area contributed by atoms with E-state index in [1.165, 1.54) is 68.1 Å². The molecule has 3 aromatic rings. The van der Waals surface area contributed by atoms with Gasteiger partial charge in [0, 0.05) is 11.1 Å². The lowest BCUT2D eigenvalue weighted by atomic mass is 9.76. The first kappa shape index (κ1) is 39.7. The molecular weight excluding hydrogens is 588 g/mol. The summed E-state index contributed by atoms with van der Waals surface area (Å²) in [5, 5.41) is 13.4. The molecule has 0 unspecified atom stereocenters. The molecule has 1 N–H and O–H groups in total. The maximum atomic E-state index is 13.4. The van der Waals surface area contributed by atoms with E-state index in [1.807, 2.05) is 0 Å². The summed E-state index contributed by atoms with van der Waals surface area (Å²) in [5.74, 6) is 1.55. The van der Waals surface area contributed by atoms with Crippen LogP contribution in [-0.4, -0.2) is 18.3 Å². The Morgan fingerprint density at radius 3 is 1.35 bits per heavy atom. The minimum absolute atomic E-state index is 0.0861. The van der Waals surface area contributed by atoms with Gasteiger partial charge in [0.25, 0.3) is 0 Å². The van der Waals surface area contributed by atoms with Gasteiger partial charge in [0.1, 0.15) is 17.1 Å². The van der Waals surface area contributed by atoms with E-state index in [0.717, 1.165) is 54.7 Å². The van der Waals surface area contributed by atoms with Crippen LogP contribution in [0.1, 0.15) is 167 Å². The first-order chi connectivity index (χ1) is 22.9. The van der Waals surface area contributed by atoms with Crippen LogP contribution in [-0.2, 0) is 22.9 Å². The molecule has 0 amide bonds. The molecule has 3 rings (SSSR count). The molecule has 0 aliphatic rings. The molecule has 0 saturated heterocycles. The molecule has 3 nitrogen and oxygen atoms in total. The Bertz CT molecular complexity index is 1250. The molecule has 0 aromatic heterocycles. The van der Waals surface area contributed by atoms with Crippen molar-refractivity contribution in [2.24, 2.45) is 0 Å². The first-order valence-corrected chi connectivity index (χ1v) is 19.2. The summed E-state index contributed by atoms with van der Waals surface area (Å²) < 4.78 is 13.2. The molecule has 48 heavy (non-hydrogen) atoms. The third-order valence-corrected chi connectivity index (χ3v) is 9.71. The van der Waals surface area contributed by atoms with Gasteiger partial charge < -0.3 is 14.6 Å². The van der Waals surface area contributed by atoms with Crippen LogP contribution < -0.4 is 9.47 Å². The van der Waals surface area contributed by atoms with Gasteiger partial charge in [0.2, 0.25) is 0 Å². The molecule has 0 aliphatic heterocycles. The predicted molar refractivity (Wildman–Crippen MR) is 206 cm³/mol. The highest BCUT2D eigenvalue weighted by atomic mass is 16.5. The van der Waals surface area contributed by atoms with E-state index in [1.54, 1.807) is 0 Å². The lowest BCUT2D eigenvalue weighted by molar-refractivity contribution is 0.0637. The number of rotatable bonds is 21. The van der Waals surface area contributed by atoms with Crippen LogP contribution in [0.25, 0.3) is 0 Å². The summed E-state index contributed by atoms with van der Waals surface area (Å²) >= 11 is 0. The number of hydrogen-bond acceptors (Lipinski definition) is 3. The lowest BCUT2D eigenvalue weighted by Gasteiger charge is -2.35. The molecule has 0 saturated carbocycles. The Morgan fingerprint density at radius 1 is 0.521 bits per heavy atom. The molecule has 3 heteroatoms. The molecule has 0 heterocycles. The van der Waals surface area contributed by atoms with E-state index >= 15 is 0 Å². The normalized spacial score (nSPS) is 12.4. The fourth-order valence-corrected chi connectivity index (χ4v) is 6.40. The molecule has 0 atom stereocenters. The maximum absolute atomic E-state index is 13.4. The van der Waals surface area contributed by atoms with Gasteiger partial charge in [-0.3, -0.25) is 0 Å². The Kier molecular flexibility index (Phi) is 16.0. The summed E-state index contributed by atoms with van der Waals surface area (Å²) in [7, 11) is 0. The predicted octanol–water partition coefficient (Wildman–Crippen LogP) is 12.6. The standard InChI is InChI=1S/C45H68O3/c1-9-11-13-15-17-22-32-47-41-28-26-37(43(3,4)5)34-39(41)45(46,31-30-36-24-20-19-21-25-36)40-35-38(44(6,7)8)27-29-42(40)48-33-23-18-16-14-12-10-2/h19-21,24-29,34-35,46H,9-18,22-23,30-33H2,1-8H3. The van der Waals surface area contributed by atoms with Crippen LogP contribution in [0, 0.1) is 0 Å². The van der Waals surface area contributed by atoms with Crippen molar-refractivity contribution < 1.29 is 14.6 Å².